The second-order valence-electron chi connectivity index (χ2n) is 8.99. The predicted octanol–water partition coefficient (Wildman–Crippen LogP) is 3.13. The first-order chi connectivity index (χ1) is 19.2. The molecule has 5 rings (SSSR count). The summed E-state index contributed by atoms with van der Waals surface area (Å²) >= 11 is 0. The lowest BCUT2D eigenvalue weighted by Gasteiger charge is -2.25. The van der Waals surface area contributed by atoms with E-state index in [1.807, 2.05) is 19.1 Å². The summed E-state index contributed by atoms with van der Waals surface area (Å²) in [4.78, 5) is 31.2. The molecule has 0 fully saturated rings. The minimum Gasteiger partial charge on any atom is -0.468 e. The van der Waals surface area contributed by atoms with E-state index in [0.717, 1.165) is 11.9 Å². The van der Waals surface area contributed by atoms with E-state index in [4.69, 9.17) is 16.2 Å². The van der Waals surface area contributed by atoms with Crippen molar-refractivity contribution < 1.29 is 18.3 Å². The highest BCUT2D eigenvalue weighted by Crippen LogP contribution is 2.31. The molecule has 0 spiro atoms. The number of nitrogens with two attached hydrogens (primary N) is 2. The molecule has 0 saturated carbocycles. The fourth-order valence-electron chi connectivity index (χ4n) is 4.34. The Kier molecular flexibility index (Phi) is 7.19. The van der Waals surface area contributed by atoms with Gasteiger partial charge in [-0.3, -0.25) is 9.78 Å². The Balaban J connectivity index is 1.58. The molecule has 4 N–H and O–H groups in total. The molecule has 13 heteroatoms. The van der Waals surface area contributed by atoms with Crippen molar-refractivity contribution in [1.29, 1.82) is 0 Å². The summed E-state index contributed by atoms with van der Waals surface area (Å²) < 4.78 is 34.7. The lowest BCUT2D eigenvalue weighted by Crippen LogP contribution is -2.32. The van der Waals surface area contributed by atoms with Gasteiger partial charge in [0, 0.05) is 18.2 Å². The third-order valence-electron chi connectivity index (χ3n) is 6.15. The Hall–Kier alpha value is -5.20. The zero-order valence-corrected chi connectivity index (χ0v) is 21.7. The molecular formula is C27H25F2N9O2. The van der Waals surface area contributed by atoms with Crippen LogP contribution in [0.25, 0.3) is 17.0 Å². The van der Waals surface area contributed by atoms with Gasteiger partial charge in [0.1, 0.15) is 29.4 Å². The second-order valence-corrected chi connectivity index (χ2v) is 8.99. The molecule has 0 atom stereocenters. The molecule has 40 heavy (non-hydrogen) atoms. The first kappa shape index (κ1) is 26.4. The molecule has 4 aromatic heterocycles. The van der Waals surface area contributed by atoms with Crippen LogP contribution in [0.3, 0.4) is 0 Å². The SMILES string of the molecule is COC(=O)CN(Cc1cccc(C)n1)c1c(N)nc(-n2nc(Cc3ccccc3F)c3ncc(F)cc32)nc1N. The van der Waals surface area contributed by atoms with Gasteiger partial charge in [0.05, 0.1) is 36.8 Å². The van der Waals surface area contributed by atoms with E-state index < -0.39 is 17.6 Å². The van der Waals surface area contributed by atoms with Crippen LogP contribution in [0, 0.1) is 18.6 Å². The molecule has 0 aliphatic heterocycles. The van der Waals surface area contributed by atoms with Crippen LogP contribution >= 0.6 is 0 Å². The number of rotatable bonds is 8. The van der Waals surface area contributed by atoms with Gasteiger partial charge in [0.2, 0.25) is 0 Å². The number of aryl methyl sites for hydroxylation is 1. The van der Waals surface area contributed by atoms with Crippen molar-refractivity contribution in [2.24, 2.45) is 0 Å². The number of carbonyl (C=O) groups excluding carboxylic acids is 1. The number of ether oxygens (including phenoxy) is 1. The fourth-order valence-corrected chi connectivity index (χ4v) is 4.34. The molecular weight excluding hydrogens is 520 g/mol. The topological polar surface area (TPSA) is 151 Å². The zero-order chi connectivity index (χ0) is 28.4. The van der Waals surface area contributed by atoms with Crippen LogP contribution in [0.1, 0.15) is 22.6 Å². The number of hydrogen-bond acceptors (Lipinski definition) is 10. The number of carbonyl (C=O) groups is 1. The molecule has 0 saturated heterocycles. The van der Waals surface area contributed by atoms with Gasteiger partial charge in [-0.2, -0.15) is 19.7 Å². The van der Waals surface area contributed by atoms with E-state index in [0.29, 0.717) is 22.5 Å². The summed E-state index contributed by atoms with van der Waals surface area (Å²) in [5.74, 6) is -1.71. The van der Waals surface area contributed by atoms with Crippen LogP contribution in [0.4, 0.5) is 26.1 Å². The molecule has 5 aromatic rings. The van der Waals surface area contributed by atoms with Gasteiger partial charge < -0.3 is 21.1 Å². The average Bonchev–Trinajstić information content (AvgIpc) is 3.26. The van der Waals surface area contributed by atoms with Gasteiger partial charge >= 0.3 is 5.97 Å². The van der Waals surface area contributed by atoms with Crippen molar-refractivity contribution in [3.63, 3.8) is 0 Å². The minimum atomic E-state index is -0.612. The van der Waals surface area contributed by atoms with Crippen molar-refractivity contribution in [3.8, 4) is 5.95 Å². The maximum Gasteiger partial charge on any atom is 0.325 e. The average molecular weight is 546 g/mol. The van der Waals surface area contributed by atoms with Gasteiger partial charge in [0.15, 0.2) is 11.6 Å². The first-order valence-electron chi connectivity index (χ1n) is 12.2. The predicted molar refractivity (Wildman–Crippen MR) is 144 cm³/mol. The molecule has 0 unspecified atom stereocenters. The molecule has 204 valence electrons. The highest BCUT2D eigenvalue weighted by atomic mass is 19.1. The molecule has 0 aliphatic rings. The third-order valence-corrected chi connectivity index (χ3v) is 6.15. The van der Waals surface area contributed by atoms with Gasteiger partial charge in [-0.1, -0.05) is 24.3 Å². The van der Waals surface area contributed by atoms with Gasteiger partial charge in [-0.25, -0.2) is 13.8 Å². The fraction of sp³-hybridized carbons (Fsp3) is 0.185. The Morgan fingerprint density at radius 1 is 1.05 bits per heavy atom. The largest absolute Gasteiger partial charge is 0.468 e. The lowest BCUT2D eigenvalue weighted by molar-refractivity contribution is -0.138. The van der Waals surface area contributed by atoms with Gasteiger partial charge in [-0.15, -0.1) is 0 Å². The smallest absolute Gasteiger partial charge is 0.325 e. The van der Waals surface area contributed by atoms with Crippen molar-refractivity contribution >= 4 is 34.3 Å². The molecule has 1 aromatic carbocycles. The molecule has 0 radical (unpaired) electrons. The lowest BCUT2D eigenvalue weighted by atomic mass is 10.1. The standard InChI is InChI=1S/C27H25F2N9O2/c1-15-6-5-8-18(33-15)13-37(14-22(39)40-2)24-25(30)34-27(35-26(24)31)38-21-11-17(28)12-32-23(21)20(36-38)10-16-7-3-4-9-19(16)29/h3-9,11-12H,10,13-14H2,1-2H3,(H4,30,31,34,35). The number of anilines is 3. The number of fused-ring (bicyclic) bond motifs is 1. The summed E-state index contributed by atoms with van der Waals surface area (Å²) in [7, 11) is 1.27. The molecule has 0 amide bonds. The van der Waals surface area contributed by atoms with Crippen molar-refractivity contribution in [1.82, 2.24) is 29.7 Å². The zero-order valence-electron chi connectivity index (χ0n) is 21.7. The number of hydrogen-bond donors (Lipinski definition) is 2. The number of nitrogens with zero attached hydrogens (tertiary/aromatic N) is 7. The van der Waals surface area contributed by atoms with Crippen LogP contribution in [0.15, 0.2) is 54.7 Å². The number of methoxy groups -OCH3 is 1. The van der Waals surface area contributed by atoms with Crippen LogP contribution < -0.4 is 16.4 Å². The first-order valence-corrected chi connectivity index (χ1v) is 12.2. The molecule has 11 nitrogen and oxygen atoms in total. The Bertz CT molecular complexity index is 1700. The number of benzene rings is 1. The van der Waals surface area contributed by atoms with E-state index >= 15 is 0 Å². The summed E-state index contributed by atoms with van der Waals surface area (Å²) in [6.45, 7) is 1.82. The number of pyridine rings is 2. The number of halogens is 2. The van der Waals surface area contributed by atoms with Crippen molar-refractivity contribution in [2.45, 2.75) is 19.9 Å². The van der Waals surface area contributed by atoms with E-state index in [1.54, 1.807) is 29.2 Å². The summed E-state index contributed by atoms with van der Waals surface area (Å²) in [5.41, 5.74) is 15.7. The maximum absolute atomic E-state index is 14.4. The summed E-state index contributed by atoms with van der Waals surface area (Å²) in [5, 5.41) is 4.52. The quantitative estimate of drug-likeness (QED) is 0.278. The number of aromatic nitrogens is 6. The highest BCUT2D eigenvalue weighted by Gasteiger charge is 2.24. The summed E-state index contributed by atoms with van der Waals surface area (Å²) in [6.07, 6.45) is 1.14. The number of nitrogen functional groups attached to an aromatic ring is 2. The molecule has 0 aliphatic carbocycles. The van der Waals surface area contributed by atoms with Crippen LogP contribution in [-0.4, -0.2) is 49.3 Å². The third kappa shape index (κ3) is 5.34. The van der Waals surface area contributed by atoms with Crippen LogP contribution in [0.2, 0.25) is 0 Å². The minimum absolute atomic E-state index is 0.0530. The van der Waals surface area contributed by atoms with Crippen LogP contribution in [0.5, 0.6) is 0 Å². The summed E-state index contributed by atoms with van der Waals surface area (Å²) in [6, 6.07) is 13.0. The van der Waals surface area contributed by atoms with E-state index in [1.165, 1.54) is 23.9 Å². The molecule has 4 heterocycles. The number of esters is 1. The maximum atomic E-state index is 14.4. The second kappa shape index (κ2) is 10.9. The normalized spacial score (nSPS) is 11.1. The van der Waals surface area contributed by atoms with Crippen LogP contribution in [-0.2, 0) is 22.5 Å². The Morgan fingerprint density at radius 2 is 1.80 bits per heavy atom. The Labute approximate surface area is 227 Å². The van der Waals surface area contributed by atoms with E-state index in [2.05, 4.69) is 25.0 Å². The molecule has 0 bridgehead atoms. The van der Waals surface area contributed by atoms with Gasteiger partial charge in [-0.05, 0) is 30.7 Å². The van der Waals surface area contributed by atoms with Crippen molar-refractivity contribution in [2.75, 3.05) is 30.0 Å². The van der Waals surface area contributed by atoms with Crippen molar-refractivity contribution in [3.05, 3.63) is 89.0 Å². The van der Waals surface area contributed by atoms with E-state index in [-0.39, 0.29) is 48.3 Å². The Morgan fingerprint density at radius 3 is 2.50 bits per heavy atom. The van der Waals surface area contributed by atoms with Gasteiger partial charge in [0.25, 0.3) is 5.95 Å². The monoisotopic (exact) mass is 545 g/mol. The van der Waals surface area contributed by atoms with E-state index in [9.17, 15) is 13.6 Å². The highest BCUT2D eigenvalue weighted by molar-refractivity contribution is 5.83.